The third kappa shape index (κ3) is 13.2. The predicted octanol–water partition coefficient (Wildman–Crippen LogP) is 29.0. The van der Waals surface area contributed by atoms with Crippen LogP contribution in [0.25, 0.3) is 219 Å². The number of benzene rings is 14. The van der Waals surface area contributed by atoms with Gasteiger partial charge >= 0.3 is 0 Å². The lowest BCUT2D eigenvalue weighted by molar-refractivity contribution is -0.659. The topological polar surface area (TPSA) is 93.9 Å². The Bertz CT molecular complexity index is 8790. The molecule has 14 aromatic carbocycles. The van der Waals surface area contributed by atoms with E-state index in [-0.39, 0.29) is 5.92 Å². The number of fused-ring (bicyclic) bond motifs is 24. The first kappa shape index (κ1) is 75.0. The summed E-state index contributed by atoms with van der Waals surface area (Å²) in [5, 5.41) is 26.7. The van der Waals surface area contributed by atoms with Gasteiger partial charge in [0, 0.05) is 118 Å². The predicted molar refractivity (Wildman–Crippen MR) is 523 cm³/mol. The van der Waals surface area contributed by atoms with Crippen molar-refractivity contribution in [3.63, 3.8) is 0 Å². The SMILES string of the molecule is Cc1c(-c2c3ccc(C(C)C)cc3cc[n+]2C)ccc2c1oc1ncc3ccccc3c12.Cc1c(-c2ccc3ccccc3[n+]2C)ccc2c1oc1ccc3ccccc3c12.[2H]C(C)(C)c1ccc2c(-c3ccc4c(oc5ncc6ccccc6c54)c3C)[n+](C)ccc2c1.[2H]C([2H])(c1ccc2c(-c3ccc4c(oc5ccc6ccccc6c54)c3C)[n+](C)ccc2c1)C(C)C. The zero-order valence-corrected chi connectivity index (χ0v) is 73.4. The van der Waals surface area contributed by atoms with Crippen molar-refractivity contribution >= 4 is 174 Å². The van der Waals surface area contributed by atoms with Crippen molar-refractivity contribution in [1.82, 2.24) is 9.97 Å². The molecular weight excluding hydrogens is 1540 g/mol. The molecule has 612 valence electrons. The fraction of sp³-hybridized carbons (Fsp3) is 0.155. The number of nitrogens with zero attached hydrogens (tertiary/aromatic N) is 6. The van der Waals surface area contributed by atoms with Gasteiger partial charge in [-0.2, -0.15) is 4.57 Å². The zero-order chi connectivity index (χ0) is 88.9. The molecule has 0 aliphatic carbocycles. The summed E-state index contributed by atoms with van der Waals surface area (Å²) >= 11 is 0. The minimum atomic E-state index is -1.38. The van der Waals surface area contributed by atoms with Crippen LogP contribution in [0.2, 0.25) is 0 Å². The maximum Gasteiger partial charge on any atom is 0.227 e. The molecule has 10 heterocycles. The van der Waals surface area contributed by atoms with Crippen LogP contribution in [-0.2, 0) is 34.6 Å². The second kappa shape index (κ2) is 31.2. The van der Waals surface area contributed by atoms with Gasteiger partial charge in [-0.25, -0.2) is 23.7 Å². The van der Waals surface area contributed by atoms with Crippen LogP contribution in [0.4, 0.5) is 0 Å². The molecular formula is C116H98N6O4+4. The number of para-hydroxylation sites is 1. The van der Waals surface area contributed by atoms with E-state index in [1.54, 1.807) is 0 Å². The normalized spacial score (nSPS) is 12.5. The third-order valence-corrected chi connectivity index (χ3v) is 26.1. The van der Waals surface area contributed by atoms with Gasteiger partial charge in [0.05, 0.1) is 49.2 Å². The van der Waals surface area contributed by atoms with E-state index in [1.807, 2.05) is 64.4 Å². The summed E-state index contributed by atoms with van der Waals surface area (Å²) in [5.41, 5.74) is 25.0. The molecule has 0 saturated heterocycles. The second-order valence-electron chi connectivity index (χ2n) is 34.8. The molecule has 0 amide bonds. The lowest BCUT2D eigenvalue weighted by Gasteiger charge is -2.11. The molecule has 24 rings (SSSR count). The van der Waals surface area contributed by atoms with Gasteiger partial charge in [0.2, 0.25) is 39.7 Å². The second-order valence-corrected chi connectivity index (χ2v) is 34.8. The van der Waals surface area contributed by atoms with Crippen molar-refractivity contribution in [2.24, 2.45) is 34.1 Å². The van der Waals surface area contributed by atoms with Crippen molar-refractivity contribution < 1.29 is 40.0 Å². The minimum Gasteiger partial charge on any atom is -0.456 e. The van der Waals surface area contributed by atoms with Gasteiger partial charge in [0.25, 0.3) is 0 Å². The molecule has 0 fully saturated rings. The lowest BCUT2D eigenvalue weighted by atomic mass is 9.94. The number of hydrogen-bond donors (Lipinski definition) is 0. The van der Waals surface area contributed by atoms with Crippen LogP contribution >= 0.6 is 0 Å². The minimum absolute atomic E-state index is 0.104. The smallest absolute Gasteiger partial charge is 0.227 e. The van der Waals surface area contributed by atoms with E-state index in [4.69, 9.17) is 21.8 Å². The van der Waals surface area contributed by atoms with Gasteiger partial charge in [-0.3, -0.25) is 0 Å². The zero-order valence-electron chi connectivity index (χ0n) is 76.4. The summed E-state index contributed by atoms with van der Waals surface area (Å²) in [6.45, 7) is 20.8. The van der Waals surface area contributed by atoms with E-state index in [1.165, 1.54) is 93.0 Å². The summed E-state index contributed by atoms with van der Waals surface area (Å²) in [6, 6.07) is 98.2. The van der Waals surface area contributed by atoms with E-state index in [0.29, 0.717) is 17.3 Å². The van der Waals surface area contributed by atoms with Gasteiger partial charge in [0.1, 0.15) is 61.7 Å². The Morgan fingerprint density at radius 2 is 0.683 bits per heavy atom. The van der Waals surface area contributed by atoms with Gasteiger partial charge < -0.3 is 17.7 Å². The van der Waals surface area contributed by atoms with Crippen molar-refractivity contribution in [2.45, 2.75) is 87.4 Å². The Morgan fingerprint density at radius 1 is 0.317 bits per heavy atom. The molecule has 0 aliphatic rings. The molecule has 0 aliphatic heterocycles. The van der Waals surface area contributed by atoms with E-state index in [9.17, 15) is 0 Å². The molecule has 10 nitrogen and oxygen atoms in total. The number of rotatable bonds is 8. The highest BCUT2D eigenvalue weighted by molar-refractivity contribution is 6.23. The molecule has 10 aromatic heterocycles. The first-order chi connectivity index (χ1) is 62.3. The quantitative estimate of drug-likeness (QED) is 0.141. The maximum atomic E-state index is 8.54. The maximum absolute atomic E-state index is 8.54. The largest absolute Gasteiger partial charge is 0.456 e. The molecule has 10 heteroatoms. The average molecular weight is 1640 g/mol. The highest BCUT2D eigenvalue weighted by Crippen LogP contribution is 2.46. The molecule has 126 heavy (non-hydrogen) atoms. The third-order valence-electron chi connectivity index (χ3n) is 26.1. The molecule has 24 aromatic rings. The molecule has 0 atom stereocenters. The number of furan rings is 4. The van der Waals surface area contributed by atoms with Crippen molar-refractivity contribution in [2.75, 3.05) is 0 Å². The number of aromatic nitrogens is 6. The van der Waals surface area contributed by atoms with Crippen LogP contribution in [0.5, 0.6) is 0 Å². The fourth-order valence-corrected chi connectivity index (χ4v) is 19.6. The molecule has 0 spiro atoms. The highest BCUT2D eigenvalue weighted by atomic mass is 16.3. The number of aryl methyl sites for hydroxylation is 8. The van der Waals surface area contributed by atoms with Gasteiger partial charge in [-0.05, 0) is 208 Å². The Labute approximate surface area is 735 Å². The molecule has 0 N–H and O–H groups in total. The van der Waals surface area contributed by atoms with Crippen LogP contribution in [0.1, 0.15) is 96.4 Å². The summed E-state index contributed by atoms with van der Waals surface area (Å²) in [5.74, 6) is -0.230. The Morgan fingerprint density at radius 3 is 1.14 bits per heavy atom. The van der Waals surface area contributed by atoms with E-state index < -0.39 is 12.3 Å². The van der Waals surface area contributed by atoms with Crippen LogP contribution in [0.3, 0.4) is 0 Å². The Balaban J connectivity index is 0.000000104. The van der Waals surface area contributed by atoms with E-state index in [2.05, 4.69) is 371 Å². The van der Waals surface area contributed by atoms with Gasteiger partial charge in [-0.1, -0.05) is 199 Å². The van der Waals surface area contributed by atoms with E-state index in [0.717, 1.165) is 154 Å². The van der Waals surface area contributed by atoms with Crippen molar-refractivity contribution in [3.05, 3.63) is 349 Å². The van der Waals surface area contributed by atoms with E-state index >= 15 is 0 Å². The first-order valence-corrected chi connectivity index (χ1v) is 43.6. The monoisotopic (exact) mass is 1640 g/mol. The lowest BCUT2D eigenvalue weighted by Crippen LogP contribution is -2.32. The van der Waals surface area contributed by atoms with Crippen LogP contribution in [0.15, 0.2) is 328 Å². The molecule has 0 bridgehead atoms. The van der Waals surface area contributed by atoms with Crippen LogP contribution in [-0.4, -0.2) is 9.97 Å². The molecule has 0 radical (unpaired) electrons. The molecule has 0 unspecified atom stereocenters. The Kier molecular flexibility index (Phi) is 18.6. The standard InChI is InChI=1S/C31H28NO.2C29H25N2O.C27H20NO/c1-19(2)17-21-9-11-26-23(18-21)15-16-32(4)30(26)24-12-13-27-29-25-8-6-5-7-22(25)10-14-28(29)33-31(27)20(24)3;2*1-17(2)19-9-10-24-20(15-19)13-14-31(4)27(24)22-11-12-25-26-23-8-6-5-7-21(23)16-30-29(26)32-28(25)18(22)3;1-17-20(24-15-11-19-8-4-6-10-23(19)28(24)2)13-14-22-26-21-9-5-3-7-18(21)12-16-25(26)29-27(17)22/h5-16,18-19H,17H2,1-4H3;2*5-17H,1-4H3;3-16H,1-2H3/q4*+1/i17D2;17D;;. The average Bonchev–Trinajstić information content (AvgIpc) is 1.62. The summed E-state index contributed by atoms with van der Waals surface area (Å²) < 4.78 is 59.8. The fourth-order valence-electron chi connectivity index (χ4n) is 19.6. The van der Waals surface area contributed by atoms with Crippen molar-refractivity contribution in [1.29, 1.82) is 0 Å². The first-order valence-electron chi connectivity index (χ1n) is 45.1. The van der Waals surface area contributed by atoms with Gasteiger partial charge in [-0.15, -0.1) is 0 Å². The Hall–Kier alpha value is -14.7. The van der Waals surface area contributed by atoms with Gasteiger partial charge in [0.15, 0.2) is 18.6 Å². The molecule has 0 saturated carbocycles. The van der Waals surface area contributed by atoms with Crippen LogP contribution in [0, 0.1) is 33.6 Å². The van der Waals surface area contributed by atoms with Crippen LogP contribution < -0.4 is 18.3 Å². The number of pyridine rings is 6. The number of hydrogen-bond acceptors (Lipinski definition) is 6. The van der Waals surface area contributed by atoms with Crippen molar-refractivity contribution in [3.8, 4) is 45.0 Å². The highest BCUT2D eigenvalue weighted by Gasteiger charge is 2.28. The summed E-state index contributed by atoms with van der Waals surface area (Å²) in [7, 11) is 8.39. The summed E-state index contributed by atoms with van der Waals surface area (Å²) in [6.07, 6.45) is 8.70. The summed E-state index contributed by atoms with van der Waals surface area (Å²) in [4.78, 5) is 9.21.